The van der Waals surface area contributed by atoms with Crippen molar-refractivity contribution in [1.29, 1.82) is 0 Å². The van der Waals surface area contributed by atoms with Crippen molar-refractivity contribution < 1.29 is 4.79 Å². The Balaban J connectivity index is 1.92. The molecule has 116 valence electrons. The fourth-order valence-corrected chi connectivity index (χ4v) is 3.02. The maximum Gasteiger partial charge on any atom is 0.185 e. The van der Waals surface area contributed by atoms with Gasteiger partial charge in [-0.05, 0) is 49.0 Å². The van der Waals surface area contributed by atoms with E-state index < -0.39 is 0 Å². The quantitative estimate of drug-likeness (QED) is 0.652. The molecule has 1 aliphatic carbocycles. The fraction of sp³-hybridized carbons (Fsp3) is 0.227. The summed E-state index contributed by atoms with van der Waals surface area (Å²) in [4.78, 5) is 13.0. The summed E-state index contributed by atoms with van der Waals surface area (Å²) >= 11 is 0. The Hall–Kier alpha value is -2.41. The van der Waals surface area contributed by atoms with Crippen LogP contribution < -0.4 is 0 Å². The zero-order valence-corrected chi connectivity index (χ0v) is 13.4. The summed E-state index contributed by atoms with van der Waals surface area (Å²) in [5.74, 6) is 0.220. The molecule has 1 saturated carbocycles. The molecule has 0 saturated heterocycles. The predicted octanol–water partition coefficient (Wildman–Crippen LogP) is 5.69. The van der Waals surface area contributed by atoms with Crippen LogP contribution >= 0.6 is 0 Å². The average Bonchev–Trinajstić information content (AvgIpc) is 2.59. The normalized spacial score (nSPS) is 19.6. The first-order valence-corrected chi connectivity index (χ1v) is 8.39. The topological polar surface area (TPSA) is 17.1 Å². The van der Waals surface area contributed by atoms with E-state index in [1.54, 1.807) is 0 Å². The van der Waals surface area contributed by atoms with Gasteiger partial charge in [-0.1, -0.05) is 67.1 Å². The smallest absolute Gasteiger partial charge is 0.185 e. The number of hydrogen-bond acceptors (Lipinski definition) is 1. The standard InChI is InChI=1S/C22H22O/c23-22-20(16-18-10-4-1-5-11-18)14-8-3-9-15-21(22)17-19-12-6-2-7-13-19/h1-2,4-7,10-13,16-17H,3,8-9,14-15H2/b20-16+,21-17+. The maximum absolute atomic E-state index is 13.0. The minimum atomic E-state index is 0.220. The van der Waals surface area contributed by atoms with Gasteiger partial charge in [0, 0.05) is 11.1 Å². The Morgan fingerprint density at radius 3 is 1.48 bits per heavy atom. The molecule has 0 radical (unpaired) electrons. The Kier molecular flexibility index (Phi) is 5.21. The van der Waals surface area contributed by atoms with E-state index in [4.69, 9.17) is 0 Å². The van der Waals surface area contributed by atoms with E-state index in [1.165, 1.54) is 6.42 Å². The Morgan fingerprint density at radius 1 is 0.609 bits per heavy atom. The summed E-state index contributed by atoms with van der Waals surface area (Å²) in [5, 5.41) is 0. The summed E-state index contributed by atoms with van der Waals surface area (Å²) < 4.78 is 0. The van der Waals surface area contributed by atoms with Crippen molar-refractivity contribution in [2.45, 2.75) is 32.1 Å². The molecule has 0 N–H and O–H groups in total. The lowest BCUT2D eigenvalue weighted by Crippen LogP contribution is -2.09. The van der Waals surface area contributed by atoms with E-state index in [1.807, 2.05) is 36.4 Å². The molecule has 3 rings (SSSR count). The number of ketones is 1. The molecule has 0 aromatic heterocycles. The third kappa shape index (κ3) is 4.29. The lowest BCUT2D eigenvalue weighted by molar-refractivity contribution is -0.112. The second kappa shape index (κ2) is 7.73. The molecule has 23 heavy (non-hydrogen) atoms. The summed E-state index contributed by atoms with van der Waals surface area (Å²) in [5.41, 5.74) is 4.10. The summed E-state index contributed by atoms with van der Waals surface area (Å²) in [7, 11) is 0. The Morgan fingerprint density at radius 2 is 1.04 bits per heavy atom. The highest BCUT2D eigenvalue weighted by Gasteiger charge is 2.17. The zero-order chi connectivity index (χ0) is 15.9. The maximum atomic E-state index is 13.0. The van der Waals surface area contributed by atoms with Crippen LogP contribution in [0.2, 0.25) is 0 Å². The van der Waals surface area contributed by atoms with Crippen molar-refractivity contribution in [3.05, 3.63) is 82.9 Å². The molecule has 1 aliphatic rings. The second-order valence-corrected chi connectivity index (χ2v) is 6.05. The molecule has 1 fully saturated rings. The van der Waals surface area contributed by atoms with Crippen LogP contribution in [0.25, 0.3) is 12.2 Å². The van der Waals surface area contributed by atoms with E-state index in [-0.39, 0.29) is 5.78 Å². The lowest BCUT2D eigenvalue weighted by atomic mass is 9.89. The monoisotopic (exact) mass is 302 g/mol. The SMILES string of the molecule is O=C1/C(=C/c2ccccc2)CCCCC/C1=C\c1ccccc1. The molecule has 1 heteroatoms. The number of rotatable bonds is 2. The first kappa shape index (κ1) is 15.5. The van der Waals surface area contributed by atoms with Crippen molar-refractivity contribution in [2.24, 2.45) is 0 Å². The van der Waals surface area contributed by atoms with Crippen LogP contribution in [0, 0.1) is 0 Å². The molecular weight excluding hydrogens is 280 g/mol. The molecule has 0 atom stereocenters. The molecule has 1 nitrogen and oxygen atoms in total. The van der Waals surface area contributed by atoms with E-state index >= 15 is 0 Å². The predicted molar refractivity (Wildman–Crippen MR) is 96.9 cm³/mol. The Labute approximate surface area is 138 Å². The van der Waals surface area contributed by atoms with Crippen LogP contribution in [0.1, 0.15) is 43.2 Å². The van der Waals surface area contributed by atoms with Crippen molar-refractivity contribution in [3.63, 3.8) is 0 Å². The highest BCUT2D eigenvalue weighted by Crippen LogP contribution is 2.26. The summed E-state index contributed by atoms with van der Waals surface area (Å²) in [6.45, 7) is 0. The lowest BCUT2D eigenvalue weighted by Gasteiger charge is -2.15. The van der Waals surface area contributed by atoms with Gasteiger partial charge in [-0.2, -0.15) is 0 Å². The molecular formula is C22H22O. The average molecular weight is 302 g/mol. The summed E-state index contributed by atoms with van der Waals surface area (Å²) in [6, 6.07) is 20.3. The molecule has 2 aromatic rings. The van der Waals surface area contributed by atoms with Crippen LogP contribution in [0.3, 0.4) is 0 Å². The minimum absolute atomic E-state index is 0.220. The second-order valence-electron chi connectivity index (χ2n) is 6.05. The van der Waals surface area contributed by atoms with Crippen LogP contribution in [0.15, 0.2) is 71.8 Å². The molecule has 0 unspecified atom stereocenters. The highest BCUT2D eigenvalue weighted by atomic mass is 16.1. The largest absolute Gasteiger partial charge is 0.289 e. The summed E-state index contributed by atoms with van der Waals surface area (Å²) in [6.07, 6.45) is 9.26. The van der Waals surface area contributed by atoms with Crippen LogP contribution in [0.4, 0.5) is 0 Å². The number of carbonyl (C=O) groups excluding carboxylic acids is 1. The van der Waals surface area contributed by atoms with Crippen molar-refractivity contribution in [1.82, 2.24) is 0 Å². The Bertz CT molecular complexity index is 647. The van der Waals surface area contributed by atoms with Gasteiger partial charge in [0.1, 0.15) is 0 Å². The first-order chi connectivity index (χ1) is 11.3. The number of allylic oxidation sites excluding steroid dienone is 2. The van der Waals surface area contributed by atoms with Crippen molar-refractivity contribution in [3.8, 4) is 0 Å². The number of Topliss-reactive ketones (excluding diaryl/α,β-unsaturated/α-hetero) is 1. The van der Waals surface area contributed by atoms with Crippen LogP contribution in [-0.2, 0) is 4.79 Å². The van der Waals surface area contributed by atoms with Crippen molar-refractivity contribution in [2.75, 3.05) is 0 Å². The van der Waals surface area contributed by atoms with E-state index in [0.29, 0.717) is 0 Å². The number of benzene rings is 2. The van der Waals surface area contributed by atoms with Gasteiger partial charge in [-0.25, -0.2) is 0 Å². The third-order valence-electron chi connectivity index (χ3n) is 4.26. The van der Waals surface area contributed by atoms with Gasteiger partial charge in [-0.3, -0.25) is 4.79 Å². The van der Waals surface area contributed by atoms with Crippen LogP contribution in [0.5, 0.6) is 0 Å². The molecule has 2 aromatic carbocycles. The van der Waals surface area contributed by atoms with Gasteiger partial charge in [-0.15, -0.1) is 0 Å². The van der Waals surface area contributed by atoms with Gasteiger partial charge < -0.3 is 0 Å². The van der Waals surface area contributed by atoms with Gasteiger partial charge in [0.2, 0.25) is 0 Å². The molecule has 0 amide bonds. The number of carbonyl (C=O) groups is 1. The van der Waals surface area contributed by atoms with E-state index in [2.05, 4.69) is 36.4 Å². The van der Waals surface area contributed by atoms with E-state index in [9.17, 15) is 4.79 Å². The van der Waals surface area contributed by atoms with Gasteiger partial charge in [0.25, 0.3) is 0 Å². The van der Waals surface area contributed by atoms with Crippen molar-refractivity contribution >= 4 is 17.9 Å². The highest BCUT2D eigenvalue weighted by molar-refractivity contribution is 6.13. The molecule has 0 heterocycles. The van der Waals surface area contributed by atoms with Gasteiger partial charge in [0.05, 0.1) is 0 Å². The van der Waals surface area contributed by atoms with Gasteiger partial charge >= 0.3 is 0 Å². The van der Waals surface area contributed by atoms with Gasteiger partial charge in [0.15, 0.2) is 5.78 Å². The molecule has 0 aliphatic heterocycles. The zero-order valence-electron chi connectivity index (χ0n) is 13.4. The first-order valence-electron chi connectivity index (χ1n) is 8.39. The van der Waals surface area contributed by atoms with E-state index in [0.717, 1.165) is 48.0 Å². The fourth-order valence-electron chi connectivity index (χ4n) is 3.02. The molecule has 0 spiro atoms. The van der Waals surface area contributed by atoms with Crippen LogP contribution in [-0.4, -0.2) is 5.78 Å². The number of hydrogen-bond donors (Lipinski definition) is 0. The molecule has 0 bridgehead atoms. The minimum Gasteiger partial charge on any atom is -0.289 e. The third-order valence-corrected chi connectivity index (χ3v) is 4.26.